The van der Waals surface area contributed by atoms with Crippen molar-refractivity contribution in [3.8, 4) is 5.75 Å². The first-order valence-corrected chi connectivity index (χ1v) is 10.9. The van der Waals surface area contributed by atoms with Crippen LogP contribution in [0, 0.1) is 0 Å². The van der Waals surface area contributed by atoms with Crippen LogP contribution in [0.25, 0.3) is 10.9 Å². The summed E-state index contributed by atoms with van der Waals surface area (Å²) < 4.78 is 5.47. The van der Waals surface area contributed by atoms with E-state index in [-0.39, 0.29) is 0 Å². The zero-order chi connectivity index (χ0) is 19.3. The standard InChI is InChI=1S/C22H24ClN3OS/c1-27-20-9-8-19(23)18-7-10-21(24-22(18)20)26-13-11-25(12-14-26)15-16-28-17-5-3-2-4-6-17/h2-10H,11-16H2,1H3. The zero-order valence-electron chi connectivity index (χ0n) is 16.0. The van der Waals surface area contributed by atoms with Crippen LogP contribution in [0.3, 0.4) is 0 Å². The van der Waals surface area contributed by atoms with Gasteiger partial charge in [-0.15, -0.1) is 11.8 Å². The van der Waals surface area contributed by atoms with E-state index in [4.69, 9.17) is 21.3 Å². The van der Waals surface area contributed by atoms with Crippen molar-refractivity contribution in [1.82, 2.24) is 9.88 Å². The number of ether oxygens (including phenoxy) is 1. The summed E-state index contributed by atoms with van der Waals surface area (Å²) in [5.41, 5.74) is 0.828. The average molecular weight is 414 g/mol. The molecular formula is C22H24ClN3OS. The topological polar surface area (TPSA) is 28.6 Å². The molecule has 0 unspecified atom stereocenters. The summed E-state index contributed by atoms with van der Waals surface area (Å²) in [5, 5.41) is 1.64. The number of benzene rings is 2. The fourth-order valence-corrected chi connectivity index (χ4v) is 4.65. The lowest BCUT2D eigenvalue weighted by Gasteiger charge is -2.35. The third-order valence-electron chi connectivity index (χ3n) is 5.09. The minimum absolute atomic E-state index is 0.704. The molecular weight excluding hydrogens is 390 g/mol. The summed E-state index contributed by atoms with van der Waals surface area (Å²) >= 11 is 8.24. The van der Waals surface area contributed by atoms with Crippen molar-refractivity contribution >= 4 is 40.1 Å². The first kappa shape index (κ1) is 19.4. The van der Waals surface area contributed by atoms with E-state index in [1.165, 1.54) is 4.90 Å². The molecule has 1 aliphatic rings. The van der Waals surface area contributed by atoms with Gasteiger partial charge in [0.25, 0.3) is 0 Å². The van der Waals surface area contributed by atoms with Gasteiger partial charge in [0.05, 0.1) is 12.1 Å². The van der Waals surface area contributed by atoms with Crippen LogP contribution in [0.5, 0.6) is 5.75 Å². The minimum Gasteiger partial charge on any atom is -0.494 e. The SMILES string of the molecule is COc1ccc(Cl)c2ccc(N3CCN(CCSc4ccccc4)CC3)nc12. The highest BCUT2D eigenvalue weighted by Gasteiger charge is 2.19. The van der Waals surface area contributed by atoms with Gasteiger partial charge >= 0.3 is 0 Å². The molecule has 4 rings (SSSR count). The maximum atomic E-state index is 6.32. The molecule has 2 aromatic carbocycles. The summed E-state index contributed by atoms with van der Waals surface area (Å²) in [4.78, 5) is 11.1. The van der Waals surface area contributed by atoms with E-state index in [1.807, 2.05) is 30.0 Å². The lowest BCUT2D eigenvalue weighted by atomic mass is 10.2. The predicted octanol–water partition coefficient (Wildman–Crippen LogP) is 4.81. The van der Waals surface area contributed by atoms with E-state index in [0.29, 0.717) is 5.02 Å². The second kappa shape index (κ2) is 9.03. The largest absolute Gasteiger partial charge is 0.494 e. The number of methoxy groups -OCH3 is 1. The highest BCUT2D eigenvalue weighted by atomic mass is 35.5. The zero-order valence-corrected chi connectivity index (χ0v) is 17.5. The van der Waals surface area contributed by atoms with E-state index >= 15 is 0 Å². The molecule has 0 spiro atoms. The van der Waals surface area contributed by atoms with Crippen molar-refractivity contribution in [2.24, 2.45) is 0 Å². The molecule has 0 bridgehead atoms. The molecule has 1 aliphatic heterocycles. The van der Waals surface area contributed by atoms with Gasteiger partial charge in [-0.05, 0) is 36.4 Å². The van der Waals surface area contributed by atoms with Crippen molar-refractivity contribution in [2.45, 2.75) is 4.90 Å². The van der Waals surface area contributed by atoms with E-state index < -0.39 is 0 Å². The fourth-order valence-electron chi connectivity index (χ4n) is 3.50. The molecule has 6 heteroatoms. The summed E-state index contributed by atoms with van der Waals surface area (Å²) in [5.74, 6) is 2.87. The number of piperazine rings is 1. The van der Waals surface area contributed by atoms with E-state index in [1.54, 1.807) is 7.11 Å². The third kappa shape index (κ3) is 4.37. The van der Waals surface area contributed by atoms with Crippen LogP contribution >= 0.6 is 23.4 Å². The van der Waals surface area contributed by atoms with Gasteiger partial charge in [0.1, 0.15) is 17.1 Å². The molecule has 0 amide bonds. The predicted molar refractivity (Wildman–Crippen MR) is 119 cm³/mol. The number of thioether (sulfide) groups is 1. The Morgan fingerprint density at radius 2 is 1.79 bits per heavy atom. The molecule has 1 fully saturated rings. The van der Waals surface area contributed by atoms with Crippen LogP contribution in [-0.4, -0.2) is 55.5 Å². The minimum atomic E-state index is 0.704. The molecule has 2 heterocycles. The lowest BCUT2D eigenvalue weighted by molar-refractivity contribution is 0.273. The van der Waals surface area contributed by atoms with Gasteiger partial charge in [-0.1, -0.05) is 29.8 Å². The van der Waals surface area contributed by atoms with Crippen LogP contribution in [0.1, 0.15) is 0 Å². The smallest absolute Gasteiger partial charge is 0.145 e. The summed E-state index contributed by atoms with van der Waals surface area (Å²) in [6.45, 7) is 5.19. The maximum Gasteiger partial charge on any atom is 0.145 e. The molecule has 0 radical (unpaired) electrons. The number of fused-ring (bicyclic) bond motifs is 1. The Morgan fingerprint density at radius 1 is 1.00 bits per heavy atom. The summed E-state index contributed by atoms with van der Waals surface area (Å²) in [6, 6.07) is 18.5. The second-order valence-corrected chi connectivity index (χ2v) is 8.38. The van der Waals surface area contributed by atoms with Gasteiger partial charge in [-0.3, -0.25) is 4.90 Å². The first-order valence-electron chi connectivity index (χ1n) is 9.53. The Labute approximate surface area is 175 Å². The monoisotopic (exact) mass is 413 g/mol. The van der Waals surface area contributed by atoms with Crippen molar-refractivity contribution < 1.29 is 4.74 Å². The number of anilines is 1. The highest BCUT2D eigenvalue weighted by molar-refractivity contribution is 7.99. The quantitative estimate of drug-likeness (QED) is 0.541. The molecule has 3 aromatic rings. The lowest BCUT2D eigenvalue weighted by Crippen LogP contribution is -2.47. The molecule has 0 atom stereocenters. The molecule has 1 aromatic heterocycles. The number of aromatic nitrogens is 1. The Bertz CT molecular complexity index is 930. The van der Waals surface area contributed by atoms with Gasteiger partial charge in [0.2, 0.25) is 0 Å². The summed E-state index contributed by atoms with van der Waals surface area (Å²) in [6.07, 6.45) is 0. The molecule has 28 heavy (non-hydrogen) atoms. The number of hydrogen-bond donors (Lipinski definition) is 0. The van der Waals surface area contributed by atoms with Crippen molar-refractivity contribution in [1.29, 1.82) is 0 Å². The Kier molecular flexibility index (Phi) is 6.25. The van der Waals surface area contributed by atoms with E-state index in [9.17, 15) is 0 Å². The Morgan fingerprint density at radius 3 is 2.54 bits per heavy atom. The molecule has 146 valence electrons. The molecule has 0 N–H and O–H groups in total. The summed E-state index contributed by atoms with van der Waals surface area (Å²) in [7, 11) is 1.67. The van der Waals surface area contributed by atoms with E-state index in [2.05, 4.69) is 46.2 Å². The van der Waals surface area contributed by atoms with Crippen LogP contribution in [-0.2, 0) is 0 Å². The average Bonchev–Trinajstić information content (AvgIpc) is 2.75. The normalized spacial score (nSPS) is 15.1. The van der Waals surface area contributed by atoms with Crippen LogP contribution in [0.15, 0.2) is 59.5 Å². The Balaban J connectivity index is 1.36. The number of hydrogen-bond acceptors (Lipinski definition) is 5. The second-order valence-electron chi connectivity index (χ2n) is 6.81. The third-order valence-corrected chi connectivity index (χ3v) is 6.41. The molecule has 4 nitrogen and oxygen atoms in total. The fraction of sp³-hybridized carbons (Fsp3) is 0.318. The molecule has 0 saturated carbocycles. The first-order chi connectivity index (χ1) is 13.7. The Hall–Kier alpha value is -1.95. The number of nitrogens with zero attached hydrogens (tertiary/aromatic N) is 3. The molecule has 1 saturated heterocycles. The van der Waals surface area contributed by atoms with Gasteiger partial charge in [0.15, 0.2) is 0 Å². The van der Waals surface area contributed by atoms with Crippen molar-refractivity contribution in [2.75, 3.05) is 50.5 Å². The highest BCUT2D eigenvalue weighted by Crippen LogP contribution is 2.32. The number of rotatable bonds is 6. The van der Waals surface area contributed by atoms with Gasteiger partial charge in [-0.2, -0.15) is 0 Å². The van der Waals surface area contributed by atoms with Crippen molar-refractivity contribution in [3.05, 3.63) is 59.6 Å². The van der Waals surface area contributed by atoms with Gasteiger partial charge in [0, 0.05) is 48.8 Å². The van der Waals surface area contributed by atoms with Gasteiger partial charge < -0.3 is 9.64 Å². The van der Waals surface area contributed by atoms with Gasteiger partial charge in [-0.25, -0.2) is 4.98 Å². The number of halogens is 1. The van der Waals surface area contributed by atoms with Crippen LogP contribution in [0.4, 0.5) is 5.82 Å². The van der Waals surface area contributed by atoms with Crippen molar-refractivity contribution in [3.63, 3.8) is 0 Å². The van der Waals surface area contributed by atoms with E-state index in [0.717, 1.165) is 60.9 Å². The number of pyridine rings is 1. The van der Waals surface area contributed by atoms with Crippen LogP contribution < -0.4 is 9.64 Å². The van der Waals surface area contributed by atoms with Crippen LogP contribution in [0.2, 0.25) is 5.02 Å². The molecule has 0 aliphatic carbocycles. The maximum absolute atomic E-state index is 6.32.